The molecule has 34 heavy (non-hydrogen) atoms. The fourth-order valence-electron chi connectivity index (χ4n) is 5.04. The first-order chi connectivity index (χ1) is 16.2. The van der Waals surface area contributed by atoms with Gasteiger partial charge in [-0.05, 0) is 59.6 Å². The number of pyridine rings is 1. The molecule has 0 aliphatic carbocycles. The number of aromatic nitrogens is 1. The Morgan fingerprint density at radius 2 is 1.62 bits per heavy atom. The van der Waals surface area contributed by atoms with E-state index in [0.717, 1.165) is 24.0 Å². The van der Waals surface area contributed by atoms with Crippen molar-refractivity contribution in [2.24, 2.45) is 12.5 Å². The Bertz CT molecular complexity index is 1510. The van der Waals surface area contributed by atoms with Crippen molar-refractivity contribution >= 4 is 21.9 Å². The average Bonchev–Trinajstić information content (AvgIpc) is 3.16. The van der Waals surface area contributed by atoms with Crippen LogP contribution in [0.2, 0.25) is 0 Å². The lowest BCUT2D eigenvalue weighted by Crippen LogP contribution is -2.31. The van der Waals surface area contributed by atoms with Gasteiger partial charge >= 0.3 is 0 Å². The first-order valence-electron chi connectivity index (χ1n) is 12.3. The van der Waals surface area contributed by atoms with Crippen LogP contribution in [0.4, 0.5) is 0 Å². The molecular formula is C32H34NO+. The molecule has 0 fully saturated rings. The zero-order valence-corrected chi connectivity index (χ0v) is 21.2. The standard InChI is InChI=1S/C32H34NO/c1-7-23-11-14-27-26-13-12-25(24-10-8-9-21(2)17-24)19-29(26)34-31(27)30(23)28-18-22(15-16-33(28)6)20-32(3,4)5/h8-19H,7,20H2,1-6H3/q+1. The number of fused-ring (bicyclic) bond motifs is 3. The number of furan rings is 1. The summed E-state index contributed by atoms with van der Waals surface area (Å²) in [7, 11) is 2.13. The van der Waals surface area contributed by atoms with Crippen LogP contribution in [0.25, 0.3) is 44.3 Å². The van der Waals surface area contributed by atoms with Gasteiger partial charge in [-0.1, -0.05) is 75.7 Å². The number of nitrogens with zero attached hydrogens (tertiary/aromatic N) is 1. The number of hydrogen-bond acceptors (Lipinski definition) is 1. The van der Waals surface area contributed by atoms with Gasteiger partial charge in [0, 0.05) is 22.9 Å². The third kappa shape index (κ3) is 4.14. The summed E-state index contributed by atoms with van der Waals surface area (Å²) in [6.45, 7) is 11.2. The van der Waals surface area contributed by atoms with E-state index < -0.39 is 0 Å². The normalized spacial score (nSPS) is 12.1. The Labute approximate surface area is 202 Å². The molecule has 2 heterocycles. The summed E-state index contributed by atoms with van der Waals surface area (Å²) in [5, 5.41) is 2.35. The SMILES string of the molecule is CCc1ccc2c(oc3cc(-c4cccc(C)c4)ccc32)c1-c1cc(CC(C)(C)C)cc[n+]1C. The van der Waals surface area contributed by atoms with Gasteiger partial charge in [0.1, 0.15) is 18.2 Å². The van der Waals surface area contributed by atoms with Crippen LogP contribution in [0.15, 0.2) is 77.3 Å². The highest BCUT2D eigenvalue weighted by atomic mass is 16.3. The average molecular weight is 449 g/mol. The van der Waals surface area contributed by atoms with E-state index in [1.165, 1.54) is 49.8 Å². The molecule has 2 heteroatoms. The smallest absolute Gasteiger partial charge is 0.216 e. The molecule has 0 radical (unpaired) electrons. The molecule has 5 rings (SSSR count). The Hall–Kier alpha value is -3.39. The van der Waals surface area contributed by atoms with Crippen LogP contribution in [0.1, 0.15) is 44.4 Å². The summed E-state index contributed by atoms with van der Waals surface area (Å²) in [6, 6.07) is 24.4. The van der Waals surface area contributed by atoms with Crippen molar-refractivity contribution in [3.63, 3.8) is 0 Å². The monoisotopic (exact) mass is 448 g/mol. The van der Waals surface area contributed by atoms with Crippen LogP contribution in [0, 0.1) is 12.3 Å². The molecule has 0 spiro atoms. The Morgan fingerprint density at radius 3 is 2.35 bits per heavy atom. The Morgan fingerprint density at radius 1 is 0.853 bits per heavy atom. The lowest BCUT2D eigenvalue weighted by molar-refractivity contribution is -0.660. The van der Waals surface area contributed by atoms with Gasteiger partial charge in [-0.25, -0.2) is 4.57 Å². The van der Waals surface area contributed by atoms with E-state index in [9.17, 15) is 0 Å². The minimum atomic E-state index is 0.238. The predicted molar refractivity (Wildman–Crippen MR) is 143 cm³/mol. The second-order valence-electron chi connectivity index (χ2n) is 10.8. The molecule has 0 atom stereocenters. The molecule has 5 aromatic rings. The number of aryl methyl sites for hydroxylation is 3. The molecule has 0 N–H and O–H groups in total. The van der Waals surface area contributed by atoms with Gasteiger partial charge in [0.05, 0.1) is 5.56 Å². The molecule has 2 aromatic heterocycles. The van der Waals surface area contributed by atoms with Crippen molar-refractivity contribution in [1.82, 2.24) is 0 Å². The third-order valence-corrected chi connectivity index (χ3v) is 6.67. The second kappa shape index (κ2) is 8.43. The molecule has 0 bridgehead atoms. The fourth-order valence-corrected chi connectivity index (χ4v) is 5.04. The minimum absolute atomic E-state index is 0.238. The maximum absolute atomic E-state index is 6.66. The van der Waals surface area contributed by atoms with E-state index in [4.69, 9.17) is 4.42 Å². The lowest BCUT2D eigenvalue weighted by atomic mass is 9.87. The van der Waals surface area contributed by atoms with Gasteiger partial charge in [0.2, 0.25) is 5.69 Å². The van der Waals surface area contributed by atoms with E-state index >= 15 is 0 Å². The topological polar surface area (TPSA) is 17.0 Å². The van der Waals surface area contributed by atoms with Crippen molar-refractivity contribution in [1.29, 1.82) is 0 Å². The number of hydrogen-bond donors (Lipinski definition) is 0. The van der Waals surface area contributed by atoms with Crippen molar-refractivity contribution in [3.05, 3.63) is 89.6 Å². The molecule has 0 aliphatic heterocycles. The highest BCUT2D eigenvalue weighted by Gasteiger charge is 2.23. The lowest BCUT2D eigenvalue weighted by Gasteiger charge is -2.18. The van der Waals surface area contributed by atoms with Crippen LogP contribution >= 0.6 is 0 Å². The minimum Gasteiger partial charge on any atom is -0.455 e. The van der Waals surface area contributed by atoms with Crippen molar-refractivity contribution in [2.45, 2.75) is 47.5 Å². The molecule has 3 aromatic carbocycles. The molecule has 172 valence electrons. The summed E-state index contributed by atoms with van der Waals surface area (Å²) in [5.74, 6) is 0. The largest absolute Gasteiger partial charge is 0.455 e. The van der Waals surface area contributed by atoms with Gasteiger partial charge in [-0.3, -0.25) is 0 Å². The van der Waals surface area contributed by atoms with E-state index in [0.29, 0.717) is 0 Å². The van der Waals surface area contributed by atoms with E-state index in [-0.39, 0.29) is 5.41 Å². The van der Waals surface area contributed by atoms with Crippen molar-refractivity contribution in [2.75, 3.05) is 0 Å². The molecular weight excluding hydrogens is 414 g/mol. The summed E-state index contributed by atoms with van der Waals surface area (Å²) in [4.78, 5) is 0. The van der Waals surface area contributed by atoms with Gasteiger partial charge in [-0.2, -0.15) is 0 Å². The van der Waals surface area contributed by atoms with Crippen LogP contribution in [-0.2, 0) is 19.9 Å². The van der Waals surface area contributed by atoms with Gasteiger partial charge < -0.3 is 4.42 Å². The van der Waals surface area contributed by atoms with E-state index in [2.05, 4.69) is 119 Å². The van der Waals surface area contributed by atoms with E-state index in [1.807, 2.05) is 0 Å². The van der Waals surface area contributed by atoms with Crippen LogP contribution in [-0.4, -0.2) is 0 Å². The van der Waals surface area contributed by atoms with Crippen LogP contribution in [0.3, 0.4) is 0 Å². The predicted octanol–water partition coefficient (Wildman–Crippen LogP) is 8.20. The zero-order valence-electron chi connectivity index (χ0n) is 21.2. The quantitative estimate of drug-likeness (QED) is 0.253. The highest BCUT2D eigenvalue weighted by molar-refractivity contribution is 6.10. The first kappa shape index (κ1) is 22.4. The summed E-state index contributed by atoms with van der Waals surface area (Å²) in [6.07, 6.45) is 4.19. The highest BCUT2D eigenvalue weighted by Crippen LogP contribution is 2.39. The van der Waals surface area contributed by atoms with Gasteiger partial charge in [0.15, 0.2) is 6.20 Å². The Kier molecular flexibility index (Phi) is 5.56. The maximum Gasteiger partial charge on any atom is 0.216 e. The van der Waals surface area contributed by atoms with Crippen molar-refractivity contribution in [3.8, 4) is 22.4 Å². The van der Waals surface area contributed by atoms with E-state index in [1.54, 1.807) is 0 Å². The Balaban J connectivity index is 1.73. The molecule has 0 saturated heterocycles. The molecule has 0 saturated carbocycles. The van der Waals surface area contributed by atoms with Gasteiger partial charge in [-0.15, -0.1) is 0 Å². The number of rotatable bonds is 4. The maximum atomic E-state index is 6.66. The summed E-state index contributed by atoms with van der Waals surface area (Å²) < 4.78 is 8.88. The van der Waals surface area contributed by atoms with Crippen LogP contribution < -0.4 is 4.57 Å². The molecule has 0 aliphatic rings. The summed E-state index contributed by atoms with van der Waals surface area (Å²) in [5.41, 5.74) is 10.9. The molecule has 0 amide bonds. The molecule has 2 nitrogen and oxygen atoms in total. The number of benzene rings is 3. The third-order valence-electron chi connectivity index (χ3n) is 6.67. The van der Waals surface area contributed by atoms with Gasteiger partial charge in [0.25, 0.3) is 0 Å². The second-order valence-corrected chi connectivity index (χ2v) is 10.8. The summed E-state index contributed by atoms with van der Waals surface area (Å²) >= 11 is 0. The van der Waals surface area contributed by atoms with Crippen LogP contribution in [0.5, 0.6) is 0 Å². The zero-order chi connectivity index (χ0) is 24.0. The molecule has 0 unspecified atom stereocenters. The first-order valence-corrected chi connectivity index (χ1v) is 12.3. The fraction of sp³-hybridized carbons (Fsp3) is 0.281. The van der Waals surface area contributed by atoms with Crippen molar-refractivity contribution < 1.29 is 8.98 Å².